The highest BCUT2D eigenvalue weighted by Gasteiger charge is 1.96. The van der Waals surface area contributed by atoms with Gasteiger partial charge in [-0.3, -0.25) is 5.11 Å². The Labute approximate surface area is 95.1 Å². The molecule has 2 rings (SSSR count). The quantitative estimate of drug-likeness (QED) is 0.764. The van der Waals surface area contributed by atoms with Crippen LogP contribution in [0.15, 0.2) is 54.6 Å². The van der Waals surface area contributed by atoms with E-state index in [0.717, 1.165) is 12.2 Å². The summed E-state index contributed by atoms with van der Waals surface area (Å²) in [6, 6.07) is 16.6. The molecule has 2 heteroatoms. The van der Waals surface area contributed by atoms with Gasteiger partial charge in [0, 0.05) is 6.42 Å². The fourth-order valence-electron chi connectivity index (χ4n) is 1.47. The first-order valence-corrected chi connectivity index (χ1v) is 5.28. The van der Waals surface area contributed by atoms with Crippen molar-refractivity contribution >= 4 is 0 Å². The lowest BCUT2D eigenvalue weighted by Gasteiger charge is -2.05. The van der Waals surface area contributed by atoms with Crippen molar-refractivity contribution in [3.63, 3.8) is 0 Å². The van der Waals surface area contributed by atoms with Crippen LogP contribution in [0, 0.1) is 0 Å². The van der Waals surface area contributed by atoms with Crippen molar-refractivity contribution in [3.8, 4) is 11.5 Å². The molecular formula is C14H13O2. The molecule has 2 aromatic rings. The highest BCUT2D eigenvalue weighted by atomic mass is 16.5. The van der Waals surface area contributed by atoms with Crippen LogP contribution in [-0.4, -0.2) is 6.61 Å². The van der Waals surface area contributed by atoms with Crippen LogP contribution < -0.4 is 4.74 Å². The summed E-state index contributed by atoms with van der Waals surface area (Å²) in [4.78, 5) is 0. The molecule has 0 bridgehead atoms. The van der Waals surface area contributed by atoms with Crippen LogP contribution in [-0.2, 0) is 11.5 Å². The number of hydrogen-bond donors (Lipinski definition) is 0. The molecule has 0 heterocycles. The number of ether oxygens (including phenoxy) is 1. The second-order valence-corrected chi connectivity index (χ2v) is 3.56. The van der Waals surface area contributed by atoms with Gasteiger partial charge in [0.05, 0.1) is 6.61 Å². The van der Waals surface area contributed by atoms with Gasteiger partial charge in [-0.05, 0) is 29.8 Å². The molecule has 0 aliphatic rings. The van der Waals surface area contributed by atoms with Crippen molar-refractivity contribution in [1.82, 2.24) is 0 Å². The largest absolute Gasteiger partial charge is 0.493 e. The van der Waals surface area contributed by atoms with Gasteiger partial charge in [0.25, 0.3) is 0 Å². The minimum absolute atomic E-state index is 0.00964. The number of hydrogen-bond acceptors (Lipinski definition) is 1. The fraction of sp³-hybridized carbons (Fsp3) is 0.143. The second-order valence-electron chi connectivity index (χ2n) is 3.56. The third-order valence-electron chi connectivity index (χ3n) is 2.33. The van der Waals surface area contributed by atoms with Crippen LogP contribution in [0.4, 0.5) is 0 Å². The lowest BCUT2D eigenvalue weighted by atomic mass is 10.2. The van der Waals surface area contributed by atoms with Crippen molar-refractivity contribution in [2.45, 2.75) is 6.42 Å². The monoisotopic (exact) mass is 213 g/mol. The molecule has 0 aromatic heterocycles. The fourth-order valence-corrected chi connectivity index (χ4v) is 1.47. The average Bonchev–Trinajstić information content (AvgIpc) is 2.33. The molecule has 0 N–H and O–H groups in total. The van der Waals surface area contributed by atoms with E-state index in [1.807, 2.05) is 18.2 Å². The van der Waals surface area contributed by atoms with Gasteiger partial charge < -0.3 is 4.74 Å². The summed E-state index contributed by atoms with van der Waals surface area (Å²) in [7, 11) is 0. The molecule has 0 saturated carbocycles. The maximum Gasteiger partial charge on any atom is 0.178 e. The van der Waals surface area contributed by atoms with Crippen molar-refractivity contribution in [1.29, 1.82) is 0 Å². The summed E-state index contributed by atoms with van der Waals surface area (Å²) in [5.74, 6) is 0.756. The summed E-state index contributed by atoms with van der Waals surface area (Å²) in [5, 5.41) is 10.9. The Morgan fingerprint density at radius 2 is 1.56 bits per heavy atom. The lowest BCUT2D eigenvalue weighted by molar-refractivity contribution is 0.319. The summed E-state index contributed by atoms with van der Waals surface area (Å²) in [6.45, 7) is 0.627. The highest BCUT2D eigenvalue weighted by molar-refractivity contribution is 5.30. The van der Waals surface area contributed by atoms with Crippen LogP contribution in [0.25, 0.3) is 0 Å². The molecule has 0 aliphatic heterocycles. The topological polar surface area (TPSA) is 29.1 Å². The summed E-state index contributed by atoms with van der Waals surface area (Å²) < 4.78 is 5.53. The van der Waals surface area contributed by atoms with Crippen molar-refractivity contribution in [3.05, 3.63) is 60.2 Å². The number of benzene rings is 2. The normalized spacial score (nSPS) is 10.0. The van der Waals surface area contributed by atoms with Gasteiger partial charge in [-0.2, -0.15) is 0 Å². The summed E-state index contributed by atoms with van der Waals surface area (Å²) >= 11 is 0. The van der Waals surface area contributed by atoms with Gasteiger partial charge in [-0.15, -0.1) is 0 Å². The highest BCUT2D eigenvalue weighted by Crippen LogP contribution is 2.16. The Morgan fingerprint density at radius 1 is 0.875 bits per heavy atom. The van der Waals surface area contributed by atoms with Crippen molar-refractivity contribution in [2.24, 2.45) is 0 Å². The lowest BCUT2D eigenvalue weighted by Crippen LogP contribution is -2.00. The first-order chi connectivity index (χ1) is 7.84. The first-order valence-electron chi connectivity index (χ1n) is 5.28. The second kappa shape index (κ2) is 5.21. The van der Waals surface area contributed by atoms with E-state index in [9.17, 15) is 5.11 Å². The molecule has 81 valence electrons. The zero-order chi connectivity index (χ0) is 11.2. The van der Waals surface area contributed by atoms with Crippen molar-refractivity contribution in [2.75, 3.05) is 6.61 Å². The van der Waals surface area contributed by atoms with E-state index in [1.165, 1.54) is 17.7 Å². The van der Waals surface area contributed by atoms with Gasteiger partial charge in [0.15, 0.2) is 5.75 Å². The van der Waals surface area contributed by atoms with Gasteiger partial charge in [-0.1, -0.05) is 30.3 Å². The minimum Gasteiger partial charge on any atom is -0.493 e. The zero-order valence-corrected chi connectivity index (χ0v) is 8.93. The van der Waals surface area contributed by atoms with Crippen LogP contribution in [0.3, 0.4) is 0 Å². The van der Waals surface area contributed by atoms with Crippen LogP contribution in [0.2, 0.25) is 0 Å². The maximum absolute atomic E-state index is 10.9. The van der Waals surface area contributed by atoms with Gasteiger partial charge in [-0.25, -0.2) is 0 Å². The molecule has 16 heavy (non-hydrogen) atoms. The summed E-state index contributed by atoms with van der Waals surface area (Å²) in [6.07, 6.45) is 0.875. The van der Waals surface area contributed by atoms with Crippen LogP contribution >= 0.6 is 0 Å². The molecule has 2 nitrogen and oxygen atoms in total. The third-order valence-corrected chi connectivity index (χ3v) is 2.33. The molecule has 0 aliphatic carbocycles. The molecule has 0 amide bonds. The molecule has 0 fully saturated rings. The molecule has 0 saturated heterocycles. The van der Waals surface area contributed by atoms with Crippen LogP contribution in [0.5, 0.6) is 11.5 Å². The average molecular weight is 213 g/mol. The standard InChI is InChI=1S/C14H13O2/c15-13-6-8-14(9-7-13)16-11-10-12-4-2-1-3-5-12/h1-9H,10-11H2. The van der Waals surface area contributed by atoms with E-state index in [1.54, 1.807) is 12.1 Å². The maximum atomic E-state index is 10.9. The van der Waals surface area contributed by atoms with Crippen molar-refractivity contribution < 1.29 is 9.84 Å². The Balaban J connectivity index is 1.82. The van der Waals surface area contributed by atoms with E-state index in [2.05, 4.69) is 12.1 Å². The van der Waals surface area contributed by atoms with Gasteiger partial charge in [0.2, 0.25) is 0 Å². The SMILES string of the molecule is [O]c1ccc(OCCc2ccccc2)cc1. The van der Waals surface area contributed by atoms with Gasteiger partial charge >= 0.3 is 0 Å². The van der Waals surface area contributed by atoms with E-state index in [4.69, 9.17) is 4.74 Å². The Morgan fingerprint density at radius 3 is 2.25 bits per heavy atom. The number of rotatable bonds is 4. The smallest absolute Gasteiger partial charge is 0.178 e. The molecule has 1 radical (unpaired) electrons. The minimum atomic E-state index is 0.00964. The van der Waals surface area contributed by atoms with E-state index in [-0.39, 0.29) is 5.75 Å². The predicted octanol–water partition coefficient (Wildman–Crippen LogP) is 3.45. The van der Waals surface area contributed by atoms with E-state index in [0.29, 0.717) is 6.61 Å². The van der Waals surface area contributed by atoms with Gasteiger partial charge in [0.1, 0.15) is 5.75 Å². The zero-order valence-electron chi connectivity index (χ0n) is 8.93. The molecule has 0 atom stereocenters. The molecule has 0 spiro atoms. The third kappa shape index (κ3) is 3.02. The molecule has 2 aromatic carbocycles. The summed E-state index contributed by atoms with van der Waals surface area (Å²) in [5.41, 5.74) is 1.25. The first kappa shape index (κ1) is 10.6. The molecular weight excluding hydrogens is 200 g/mol. The van der Waals surface area contributed by atoms with E-state index < -0.39 is 0 Å². The Bertz CT molecular complexity index is 420. The predicted molar refractivity (Wildman–Crippen MR) is 62.2 cm³/mol. The van der Waals surface area contributed by atoms with E-state index >= 15 is 0 Å². The van der Waals surface area contributed by atoms with Crippen LogP contribution in [0.1, 0.15) is 5.56 Å². The molecule has 0 unspecified atom stereocenters. The Kier molecular flexibility index (Phi) is 3.44. The Hall–Kier alpha value is -1.96.